The number of hydrogen-bond acceptors (Lipinski definition) is 9. The second-order valence-electron chi connectivity index (χ2n) is 9.34. The number of methoxy groups -OCH3 is 2. The van der Waals surface area contributed by atoms with Crippen LogP contribution in [-0.2, 0) is 20.9 Å². The Kier molecular flexibility index (Phi) is 8.35. The van der Waals surface area contributed by atoms with Gasteiger partial charge in [0.05, 0.1) is 20.3 Å². The van der Waals surface area contributed by atoms with E-state index < -0.39 is 58.5 Å². The highest BCUT2D eigenvalue weighted by Gasteiger charge is 2.44. The summed E-state index contributed by atoms with van der Waals surface area (Å²) in [6, 6.07) is 1.95. The molecule has 12 nitrogen and oxygen atoms in total. The molecule has 1 aromatic heterocycles. The molecule has 3 atom stereocenters. The molecule has 1 fully saturated rings. The zero-order valence-electron chi connectivity index (χ0n) is 22.2. The Morgan fingerprint density at radius 1 is 1.15 bits per heavy atom. The molecule has 2 bridgehead atoms. The fourth-order valence-corrected chi connectivity index (χ4v) is 4.64. The number of hydrogen-bond donors (Lipinski definition) is 1. The molecule has 0 saturated carbocycles. The predicted molar refractivity (Wildman–Crippen MR) is 135 cm³/mol. The number of pyridine rings is 1. The number of nitrogens with zero attached hydrogens (tertiary/aromatic N) is 3. The first-order chi connectivity index (χ1) is 19.0. The van der Waals surface area contributed by atoms with Crippen molar-refractivity contribution in [2.45, 2.75) is 51.4 Å². The summed E-state index contributed by atoms with van der Waals surface area (Å²) in [6.07, 6.45) is 0.277. The van der Waals surface area contributed by atoms with Crippen LogP contribution in [-0.4, -0.2) is 66.2 Å². The SMILES string of the molecule is COC(=O)Oc1c2n(cc(C(=O)NCc3ccc(F)cc3F)c1=O)[C@@H]1CN(C2=O)[C@@H](C)CC[C@H]1O/N=C(\C)OC. The van der Waals surface area contributed by atoms with Crippen LogP contribution < -0.4 is 15.5 Å². The maximum Gasteiger partial charge on any atom is 0.513 e. The van der Waals surface area contributed by atoms with Crippen LogP contribution in [0.5, 0.6) is 5.75 Å². The zero-order chi connectivity index (χ0) is 29.1. The van der Waals surface area contributed by atoms with Gasteiger partial charge in [-0.2, -0.15) is 0 Å². The highest BCUT2D eigenvalue weighted by atomic mass is 19.1. The molecule has 0 spiro atoms. The van der Waals surface area contributed by atoms with E-state index in [1.807, 2.05) is 6.92 Å². The van der Waals surface area contributed by atoms with Crippen molar-refractivity contribution in [3.05, 3.63) is 63.1 Å². The quantitative estimate of drug-likeness (QED) is 0.246. The molecule has 1 saturated heterocycles. The van der Waals surface area contributed by atoms with Gasteiger partial charge in [0.2, 0.25) is 17.1 Å². The van der Waals surface area contributed by atoms with Crippen LogP contribution in [0.2, 0.25) is 0 Å². The Labute approximate surface area is 227 Å². The molecule has 14 heteroatoms. The van der Waals surface area contributed by atoms with Crippen molar-refractivity contribution in [3.63, 3.8) is 0 Å². The van der Waals surface area contributed by atoms with E-state index in [9.17, 15) is 28.0 Å². The lowest BCUT2D eigenvalue weighted by molar-refractivity contribution is 0.00466. The number of ether oxygens (including phenoxy) is 3. The third-order valence-corrected chi connectivity index (χ3v) is 6.89. The molecular formula is C26H28F2N4O8. The van der Waals surface area contributed by atoms with Crippen molar-refractivity contribution in [1.29, 1.82) is 0 Å². The van der Waals surface area contributed by atoms with Gasteiger partial charge in [-0.05, 0) is 25.8 Å². The van der Waals surface area contributed by atoms with Gasteiger partial charge in [0.25, 0.3) is 11.8 Å². The lowest BCUT2D eigenvalue weighted by atomic mass is 10.0. The maximum atomic E-state index is 14.1. The van der Waals surface area contributed by atoms with E-state index in [0.29, 0.717) is 18.9 Å². The van der Waals surface area contributed by atoms with Crippen molar-refractivity contribution in [1.82, 2.24) is 14.8 Å². The number of aromatic nitrogens is 1. The van der Waals surface area contributed by atoms with Crippen molar-refractivity contribution in [2.75, 3.05) is 20.8 Å². The van der Waals surface area contributed by atoms with Gasteiger partial charge >= 0.3 is 6.16 Å². The molecule has 4 rings (SSSR count). The molecule has 2 aromatic rings. The second kappa shape index (κ2) is 11.7. The number of benzene rings is 1. The molecule has 2 aliphatic heterocycles. The monoisotopic (exact) mass is 562 g/mol. The highest BCUT2D eigenvalue weighted by Crippen LogP contribution is 2.36. The molecule has 2 aliphatic rings. The summed E-state index contributed by atoms with van der Waals surface area (Å²) < 4.78 is 43.4. The van der Waals surface area contributed by atoms with E-state index in [2.05, 4.69) is 15.2 Å². The largest absolute Gasteiger partial charge is 0.513 e. The summed E-state index contributed by atoms with van der Waals surface area (Å²) >= 11 is 0. The normalized spacial score (nSPS) is 20.2. The van der Waals surface area contributed by atoms with E-state index in [-0.39, 0.29) is 36.3 Å². The summed E-state index contributed by atoms with van der Waals surface area (Å²) in [5.74, 6) is -3.65. The number of rotatable bonds is 6. The van der Waals surface area contributed by atoms with E-state index in [1.165, 1.54) is 22.8 Å². The van der Waals surface area contributed by atoms with Crippen LogP contribution in [0.1, 0.15) is 59.1 Å². The smallest absolute Gasteiger partial charge is 0.482 e. The van der Waals surface area contributed by atoms with Crippen LogP contribution in [0, 0.1) is 11.6 Å². The number of carbonyl (C=O) groups excluding carboxylic acids is 3. The van der Waals surface area contributed by atoms with Gasteiger partial charge in [0, 0.05) is 43.9 Å². The number of nitrogens with one attached hydrogen (secondary N) is 1. The van der Waals surface area contributed by atoms with Gasteiger partial charge in [0.1, 0.15) is 23.3 Å². The van der Waals surface area contributed by atoms with Gasteiger partial charge < -0.3 is 33.8 Å². The number of amides is 2. The second-order valence-corrected chi connectivity index (χ2v) is 9.34. The Balaban J connectivity index is 1.81. The lowest BCUT2D eigenvalue weighted by Crippen LogP contribution is -2.49. The average Bonchev–Trinajstić information content (AvgIpc) is 3.07. The maximum absolute atomic E-state index is 14.1. The fourth-order valence-electron chi connectivity index (χ4n) is 4.64. The third-order valence-electron chi connectivity index (χ3n) is 6.89. The standard InChI is InChI=1S/C26H28F2N4O8/c1-13-5-8-20(40-30-14(2)37-3)19-12-31(13)25(35)21-23(39-26(36)38-4)22(33)17(11-32(19)21)24(34)29-10-15-6-7-16(27)9-18(15)28/h6-7,9,11,13,19-20H,5,8,10,12H2,1-4H3,(H,29,34)/b30-14+/t13-,19+,20+/m0/s1. The molecule has 3 heterocycles. The van der Waals surface area contributed by atoms with E-state index in [1.54, 1.807) is 6.92 Å². The Hall–Kier alpha value is -4.49. The number of fused-ring (bicyclic) bond motifs is 4. The highest BCUT2D eigenvalue weighted by molar-refractivity contribution is 6.00. The first-order valence-corrected chi connectivity index (χ1v) is 12.4. The van der Waals surface area contributed by atoms with Crippen molar-refractivity contribution in [3.8, 4) is 5.75 Å². The zero-order valence-corrected chi connectivity index (χ0v) is 22.2. The van der Waals surface area contributed by atoms with Gasteiger partial charge in [0.15, 0.2) is 5.69 Å². The molecule has 0 aliphatic carbocycles. The summed E-state index contributed by atoms with van der Waals surface area (Å²) in [5.41, 5.74) is -1.83. The van der Waals surface area contributed by atoms with Gasteiger partial charge in [-0.1, -0.05) is 11.2 Å². The Morgan fingerprint density at radius 2 is 1.90 bits per heavy atom. The minimum absolute atomic E-state index is 0.0257. The molecule has 0 radical (unpaired) electrons. The van der Waals surface area contributed by atoms with Gasteiger partial charge in [-0.15, -0.1) is 0 Å². The van der Waals surface area contributed by atoms with Crippen LogP contribution in [0.3, 0.4) is 0 Å². The van der Waals surface area contributed by atoms with E-state index in [4.69, 9.17) is 14.3 Å². The van der Waals surface area contributed by atoms with E-state index >= 15 is 0 Å². The van der Waals surface area contributed by atoms with Crippen LogP contribution in [0.15, 0.2) is 34.3 Å². The Morgan fingerprint density at radius 3 is 2.58 bits per heavy atom. The third kappa shape index (κ3) is 5.60. The van der Waals surface area contributed by atoms with Crippen molar-refractivity contribution in [2.24, 2.45) is 5.16 Å². The molecule has 0 unspecified atom stereocenters. The summed E-state index contributed by atoms with van der Waals surface area (Å²) in [7, 11) is 2.45. The van der Waals surface area contributed by atoms with Gasteiger partial charge in [-0.25, -0.2) is 13.6 Å². The summed E-state index contributed by atoms with van der Waals surface area (Å²) in [4.78, 5) is 59.6. The number of carbonyl (C=O) groups is 3. The molecule has 1 aromatic carbocycles. The summed E-state index contributed by atoms with van der Waals surface area (Å²) in [5, 5.41) is 6.39. The van der Waals surface area contributed by atoms with Gasteiger partial charge in [-0.3, -0.25) is 14.4 Å². The predicted octanol–water partition coefficient (Wildman–Crippen LogP) is 2.75. The first-order valence-electron chi connectivity index (χ1n) is 12.4. The molecule has 1 N–H and O–H groups in total. The number of halogens is 2. The topological polar surface area (TPSA) is 138 Å². The molecule has 214 valence electrons. The molecular weight excluding hydrogens is 534 g/mol. The minimum Gasteiger partial charge on any atom is -0.482 e. The summed E-state index contributed by atoms with van der Waals surface area (Å²) in [6.45, 7) is 3.22. The lowest BCUT2D eigenvalue weighted by Gasteiger charge is -2.38. The average molecular weight is 563 g/mol. The van der Waals surface area contributed by atoms with Crippen molar-refractivity contribution < 1.29 is 42.2 Å². The number of oxime groups is 1. The van der Waals surface area contributed by atoms with Crippen LogP contribution >= 0.6 is 0 Å². The molecule has 40 heavy (non-hydrogen) atoms. The van der Waals surface area contributed by atoms with Crippen LogP contribution in [0.4, 0.5) is 13.6 Å². The minimum atomic E-state index is -1.27. The molecule has 2 amide bonds. The van der Waals surface area contributed by atoms with Crippen molar-refractivity contribution >= 4 is 23.9 Å². The van der Waals surface area contributed by atoms with E-state index in [0.717, 1.165) is 19.2 Å². The first kappa shape index (κ1) is 28.5. The van der Waals surface area contributed by atoms with Crippen LogP contribution in [0.25, 0.3) is 0 Å². The fraction of sp³-hybridized carbons (Fsp3) is 0.423. The Bertz CT molecular complexity index is 1430.